The Morgan fingerprint density at radius 3 is 2.18 bits per heavy atom. The summed E-state index contributed by atoms with van der Waals surface area (Å²) in [6.45, 7) is 3.21. The second-order valence-corrected chi connectivity index (χ2v) is 3.88. The molecule has 0 bridgehead atoms. The lowest BCUT2D eigenvalue weighted by molar-refractivity contribution is -0.137. The first-order valence-electron chi connectivity index (χ1n) is 5.16. The molecular weight excluding hydrogens is 229 g/mol. The third kappa shape index (κ3) is 4.06. The number of rotatable bonds is 3. The van der Waals surface area contributed by atoms with Gasteiger partial charge < -0.3 is 0 Å². The zero-order valence-corrected chi connectivity index (χ0v) is 9.58. The van der Waals surface area contributed by atoms with Crippen molar-refractivity contribution in [1.29, 1.82) is 0 Å². The molecule has 1 atom stereocenters. The van der Waals surface area contributed by atoms with Crippen molar-refractivity contribution in [3.05, 3.63) is 41.5 Å². The number of hydrogen-bond donors (Lipinski definition) is 0. The maximum absolute atomic E-state index is 12.3. The fourth-order valence-electron chi connectivity index (χ4n) is 1.17. The van der Waals surface area contributed by atoms with Gasteiger partial charge in [-0.1, -0.05) is 31.2 Å². The Morgan fingerprint density at radius 1 is 1.24 bits per heavy atom. The minimum Gasteiger partial charge on any atom is -0.299 e. The second-order valence-electron chi connectivity index (χ2n) is 3.88. The molecule has 0 aliphatic carbocycles. The summed E-state index contributed by atoms with van der Waals surface area (Å²) in [7, 11) is 0. The molecule has 0 heterocycles. The molecule has 0 saturated carbocycles. The van der Waals surface area contributed by atoms with Gasteiger partial charge in [0.15, 0.2) is 0 Å². The zero-order chi connectivity index (χ0) is 13.1. The lowest BCUT2D eigenvalue weighted by Crippen LogP contribution is -2.04. The number of allylic oxidation sites excluding steroid dienone is 1. The molecule has 1 rings (SSSR count). The smallest absolute Gasteiger partial charge is 0.299 e. The Hall–Kier alpha value is -1.58. The van der Waals surface area contributed by atoms with Crippen LogP contribution in [0.3, 0.4) is 0 Å². The minimum absolute atomic E-state index is 0.0214. The van der Waals surface area contributed by atoms with Crippen molar-refractivity contribution < 1.29 is 18.0 Å². The highest BCUT2D eigenvalue weighted by Gasteiger charge is 2.29. The molecule has 0 fully saturated rings. The summed E-state index contributed by atoms with van der Waals surface area (Å²) in [5.41, 5.74) is -0.0274. The van der Waals surface area contributed by atoms with Crippen molar-refractivity contribution in [2.45, 2.75) is 20.0 Å². The van der Waals surface area contributed by atoms with E-state index >= 15 is 0 Å². The van der Waals surface area contributed by atoms with E-state index in [1.54, 1.807) is 19.1 Å². The Balaban J connectivity index is 2.79. The summed E-state index contributed by atoms with van der Waals surface area (Å²) in [4.78, 5) is 11.0. The Bertz CT molecular complexity index is 415. The third-order valence-corrected chi connectivity index (χ3v) is 2.46. The Kier molecular flexibility index (Phi) is 4.10. The lowest BCUT2D eigenvalue weighted by atomic mass is 10.1. The molecule has 1 unspecified atom stereocenters. The number of alkyl halides is 3. The number of ketones is 1. The number of hydrogen-bond acceptors (Lipinski definition) is 1. The quantitative estimate of drug-likeness (QED) is 0.784. The highest BCUT2D eigenvalue weighted by Crippen LogP contribution is 2.29. The van der Waals surface area contributed by atoms with Crippen LogP contribution in [0.25, 0.3) is 6.08 Å². The summed E-state index contributed by atoms with van der Waals surface area (Å²) < 4.78 is 36.8. The zero-order valence-electron chi connectivity index (χ0n) is 9.58. The molecule has 17 heavy (non-hydrogen) atoms. The van der Waals surface area contributed by atoms with E-state index < -0.39 is 11.7 Å². The van der Waals surface area contributed by atoms with Gasteiger partial charge in [-0.25, -0.2) is 0 Å². The highest BCUT2D eigenvalue weighted by atomic mass is 19.4. The predicted molar refractivity (Wildman–Crippen MR) is 60.3 cm³/mol. The monoisotopic (exact) mass is 242 g/mol. The third-order valence-electron chi connectivity index (χ3n) is 2.46. The van der Waals surface area contributed by atoms with E-state index in [1.165, 1.54) is 19.1 Å². The molecule has 0 saturated heterocycles. The van der Waals surface area contributed by atoms with E-state index in [9.17, 15) is 18.0 Å². The lowest BCUT2D eigenvalue weighted by Gasteiger charge is -2.06. The molecule has 4 heteroatoms. The van der Waals surface area contributed by atoms with Crippen molar-refractivity contribution in [1.82, 2.24) is 0 Å². The Morgan fingerprint density at radius 2 is 1.76 bits per heavy atom. The van der Waals surface area contributed by atoms with Crippen LogP contribution in [0, 0.1) is 5.92 Å². The van der Waals surface area contributed by atoms with Gasteiger partial charge in [-0.05, 0) is 24.6 Å². The summed E-state index contributed by atoms with van der Waals surface area (Å²) in [5, 5.41) is 0. The number of Topliss-reactive ketones (excluding diaryl/α,β-unsaturated/α-hetero) is 1. The first-order chi connectivity index (χ1) is 7.80. The van der Waals surface area contributed by atoms with E-state index in [4.69, 9.17) is 0 Å². The van der Waals surface area contributed by atoms with Gasteiger partial charge in [0.1, 0.15) is 5.78 Å². The van der Waals surface area contributed by atoms with Crippen molar-refractivity contribution in [2.24, 2.45) is 5.92 Å². The van der Waals surface area contributed by atoms with Crippen molar-refractivity contribution in [3.8, 4) is 0 Å². The van der Waals surface area contributed by atoms with E-state index in [0.29, 0.717) is 5.56 Å². The van der Waals surface area contributed by atoms with Crippen LogP contribution < -0.4 is 0 Å². The number of benzene rings is 1. The van der Waals surface area contributed by atoms with Crippen LogP contribution in [-0.2, 0) is 11.0 Å². The van der Waals surface area contributed by atoms with Crippen LogP contribution in [0.2, 0.25) is 0 Å². The highest BCUT2D eigenvalue weighted by molar-refractivity contribution is 5.80. The molecule has 0 amide bonds. The SMILES string of the molecule is CC(=O)C(C)/C=C/c1ccc(C(F)(F)F)cc1. The van der Waals surface area contributed by atoms with E-state index in [-0.39, 0.29) is 11.7 Å². The van der Waals surface area contributed by atoms with Crippen molar-refractivity contribution in [2.75, 3.05) is 0 Å². The van der Waals surface area contributed by atoms with E-state index in [0.717, 1.165) is 12.1 Å². The van der Waals surface area contributed by atoms with Gasteiger partial charge in [0.25, 0.3) is 0 Å². The van der Waals surface area contributed by atoms with Gasteiger partial charge >= 0.3 is 6.18 Å². The average molecular weight is 242 g/mol. The van der Waals surface area contributed by atoms with Gasteiger partial charge in [-0.3, -0.25) is 4.79 Å². The van der Waals surface area contributed by atoms with Crippen LogP contribution in [0.5, 0.6) is 0 Å². The molecule has 0 aromatic heterocycles. The first-order valence-corrected chi connectivity index (χ1v) is 5.16. The molecule has 92 valence electrons. The van der Waals surface area contributed by atoms with Gasteiger partial charge in [0.2, 0.25) is 0 Å². The molecule has 1 aromatic rings. The van der Waals surface area contributed by atoms with Crippen LogP contribution >= 0.6 is 0 Å². The second kappa shape index (κ2) is 5.17. The number of carbonyl (C=O) groups is 1. The molecule has 0 N–H and O–H groups in total. The largest absolute Gasteiger partial charge is 0.416 e. The van der Waals surface area contributed by atoms with Gasteiger partial charge in [0, 0.05) is 5.92 Å². The summed E-state index contributed by atoms with van der Waals surface area (Å²) in [6, 6.07) is 4.81. The van der Waals surface area contributed by atoms with Gasteiger partial charge in [-0.2, -0.15) is 13.2 Å². The molecule has 0 aliphatic heterocycles. The van der Waals surface area contributed by atoms with Crippen LogP contribution in [0.1, 0.15) is 25.0 Å². The molecule has 0 spiro atoms. The van der Waals surface area contributed by atoms with Crippen LogP contribution in [-0.4, -0.2) is 5.78 Å². The number of halogens is 3. The summed E-state index contributed by atoms with van der Waals surface area (Å²) in [5.74, 6) is -0.203. The topological polar surface area (TPSA) is 17.1 Å². The van der Waals surface area contributed by atoms with Crippen LogP contribution in [0.4, 0.5) is 13.2 Å². The van der Waals surface area contributed by atoms with Crippen molar-refractivity contribution >= 4 is 11.9 Å². The fourth-order valence-corrected chi connectivity index (χ4v) is 1.17. The Labute approximate surface area is 98.0 Å². The molecule has 0 aliphatic rings. The van der Waals surface area contributed by atoms with E-state index in [2.05, 4.69) is 0 Å². The molecule has 1 nitrogen and oxygen atoms in total. The minimum atomic E-state index is -4.31. The first kappa shape index (κ1) is 13.5. The summed E-state index contributed by atoms with van der Waals surface area (Å²) in [6.07, 6.45) is -0.994. The summed E-state index contributed by atoms with van der Waals surface area (Å²) >= 11 is 0. The standard InChI is InChI=1S/C13H13F3O/c1-9(10(2)17)3-4-11-5-7-12(8-6-11)13(14,15)16/h3-9H,1-2H3/b4-3+. The predicted octanol–water partition coefficient (Wildman–Crippen LogP) is 3.94. The fraction of sp³-hybridized carbons (Fsp3) is 0.308. The maximum Gasteiger partial charge on any atom is 0.416 e. The van der Waals surface area contributed by atoms with Crippen LogP contribution in [0.15, 0.2) is 30.3 Å². The normalized spacial score (nSPS) is 13.9. The van der Waals surface area contributed by atoms with Gasteiger partial charge in [-0.15, -0.1) is 0 Å². The molecule has 1 aromatic carbocycles. The van der Waals surface area contributed by atoms with Crippen molar-refractivity contribution in [3.63, 3.8) is 0 Å². The average Bonchev–Trinajstić information content (AvgIpc) is 2.25. The van der Waals surface area contributed by atoms with E-state index in [1.807, 2.05) is 0 Å². The maximum atomic E-state index is 12.3. The number of carbonyl (C=O) groups excluding carboxylic acids is 1. The van der Waals surface area contributed by atoms with Gasteiger partial charge in [0.05, 0.1) is 5.56 Å². The molecule has 0 radical (unpaired) electrons. The molecular formula is C13H13F3O.